The lowest BCUT2D eigenvalue weighted by Gasteiger charge is -2.09. The number of carboxylic acid groups (broad SMARTS) is 1. The molecule has 1 aliphatic rings. The Morgan fingerprint density at radius 3 is 2.81 bits per heavy atom. The van der Waals surface area contributed by atoms with Crippen LogP contribution in [-0.4, -0.2) is 30.9 Å². The number of benzene rings is 1. The third kappa shape index (κ3) is 2.56. The number of carbonyl (C=O) groups is 1. The van der Waals surface area contributed by atoms with Gasteiger partial charge in [-0.1, -0.05) is 0 Å². The van der Waals surface area contributed by atoms with Gasteiger partial charge in [-0.25, -0.2) is 4.79 Å². The lowest BCUT2D eigenvalue weighted by Crippen LogP contribution is -2.09. The van der Waals surface area contributed by atoms with Crippen molar-refractivity contribution in [3.05, 3.63) is 18.2 Å². The van der Waals surface area contributed by atoms with Crippen LogP contribution >= 0.6 is 0 Å². The summed E-state index contributed by atoms with van der Waals surface area (Å²) in [6, 6.07) is 5.03. The van der Waals surface area contributed by atoms with Crippen molar-refractivity contribution < 1.29 is 24.1 Å². The van der Waals surface area contributed by atoms with E-state index in [2.05, 4.69) is 0 Å². The number of rotatable bonds is 3. The Kier molecular flexibility index (Phi) is 3.14. The van der Waals surface area contributed by atoms with E-state index < -0.39 is 5.97 Å². The molecule has 0 fully saturated rings. The number of hydrogen-bond donors (Lipinski definition) is 1. The Morgan fingerprint density at radius 1 is 1.31 bits per heavy atom. The monoisotopic (exact) mass is 224 g/mol. The zero-order valence-corrected chi connectivity index (χ0v) is 8.64. The van der Waals surface area contributed by atoms with Crippen molar-refractivity contribution in [3.8, 4) is 17.2 Å². The largest absolute Gasteiger partial charge is 0.490 e. The van der Waals surface area contributed by atoms with E-state index in [0.717, 1.165) is 6.42 Å². The van der Waals surface area contributed by atoms with Gasteiger partial charge in [0.25, 0.3) is 0 Å². The maximum atomic E-state index is 10.3. The molecule has 0 aromatic heterocycles. The van der Waals surface area contributed by atoms with Gasteiger partial charge < -0.3 is 19.3 Å². The molecule has 1 aromatic rings. The second kappa shape index (κ2) is 4.74. The SMILES string of the molecule is O=C(O)COc1ccc2c(c1)OCCCO2. The average Bonchev–Trinajstić information content (AvgIpc) is 2.50. The van der Waals surface area contributed by atoms with Gasteiger partial charge >= 0.3 is 5.97 Å². The Hall–Kier alpha value is -1.91. The summed E-state index contributed by atoms with van der Waals surface area (Å²) in [5, 5.41) is 8.48. The van der Waals surface area contributed by atoms with Gasteiger partial charge in [0.15, 0.2) is 18.1 Å². The Morgan fingerprint density at radius 2 is 2.06 bits per heavy atom. The molecule has 0 aliphatic carbocycles. The van der Waals surface area contributed by atoms with Crippen LogP contribution in [0.1, 0.15) is 6.42 Å². The Balaban J connectivity index is 2.11. The fourth-order valence-electron chi connectivity index (χ4n) is 1.38. The van der Waals surface area contributed by atoms with Crippen molar-refractivity contribution in [3.63, 3.8) is 0 Å². The van der Waals surface area contributed by atoms with Gasteiger partial charge in [0.1, 0.15) is 5.75 Å². The van der Waals surface area contributed by atoms with Crippen molar-refractivity contribution in [1.82, 2.24) is 0 Å². The highest BCUT2D eigenvalue weighted by Crippen LogP contribution is 2.33. The minimum Gasteiger partial charge on any atom is -0.490 e. The summed E-state index contributed by atoms with van der Waals surface area (Å²) in [4.78, 5) is 10.3. The molecule has 0 saturated carbocycles. The van der Waals surface area contributed by atoms with E-state index in [4.69, 9.17) is 19.3 Å². The van der Waals surface area contributed by atoms with Gasteiger partial charge in [-0.2, -0.15) is 0 Å². The average molecular weight is 224 g/mol. The fourth-order valence-corrected chi connectivity index (χ4v) is 1.38. The van der Waals surface area contributed by atoms with Crippen LogP contribution in [0.5, 0.6) is 17.2 Å². The molecule has 0 bridgehead atoms. The van der Waals surface area contributed by atoms with Gasteiger partial charge in [-0.15, -0.1) is 0 Å². The molecule has 0 saturated heterocycles. The molecule has 0 amide bonds. The quantitative estimate of drug-likeness (QED) is 0.838. The van der Waals surface area contributed by atoms with Crippen LogP contribution in [0.25, 0.3) is 0 Å². The number of hydrogen-bond acceptors (Lipinski definition) is 4. The van der Waals surface area contributed by atoms with Gasteiger partial charge in [0.05, 0.1) is 13.2 Å². The molecule has 86 valence electrons. The van der Waals surface area contributed by atoms with Crippen molar-refractivity contribution in [1.29, 1.82) is 0 Å². The topological polar surface area (TPSA) is 65.0 Å². The van der Waals surface area contributed by atoms with Crippen molar-refractivity contribution in [2.75, 3.05) is 19.8 Å². The van der Waals surface area contributed by atoms with Gasteiger partial charge in [-0.3, -0.25) is 0 Å². The first-order valence-electron chi connectivity index (χ1n) is 5.00. The predicted molar refractivity (Wildman–Crippen MR) is 55.2 cm³/mol. The van der Waals surface area contributed by atoms with Crippen LogP contribution in [0.15, 0.2) is 18.2 Å². The van der Waals surface area contributed by atoms with Crippen LogP contribution < -0.4 is 14.2 Å². The lowest BCUT2D eigenvalue weighted by atomic mass is 10.3. The standard InChI is InChI=1S/C11H12O5/c12-11(13)7-16-8-2-3-9-10(6-8)15-5-1-4-14-9/h2-3,6H,1,4-5,7H2,(H,12,13). The number of carboxylic acids is 1. The van der Waals surface area contributed by atoms with E-state index in [1.807, 2.05) is 0 Å². The molecule has 1 aromatic carbocycles. The summed E-state index contributed by atoms with van der Waals surface area (Å²) in [7, 11) is 0. The summed E-state index contributed by atoms with van der Waals surface area (Å²) in [5.74, 6) is 0.722. The van der Waals surface area contributed by atoms with Crippen molar-refractivity contribution in [2.45, 2.75) is 6.42 Å². The van der Waals surface area contributed by atoms with E-state index in [1.54, 1.807) is 18.2 Å². The molecule has 5 heteroatoms. The second-order valence-corrected chi connectivity index (χ2v) is 3.34. The smallest absolute Gasteiger partial charge is 0.341 e. The predicted octanol–water partition coefficient (Wildman–Crippen LogP) is 1.31. The molecule has 0 atom stereocenters. The number of aliphatic carboxylic acids is 1. The summed E-state index contributed by atoms with van der Waals surface area (Å²) in [6.45, 7) is 0.858. The normalized spacial score (nSPS) is 14.0. The molecule has 1 heterocycles. The van der Waals surface area contributed by atoms with Crippen LogP contribution in [0.3, 0.4) is 0 Å². The van der Waals surface area contributed by atoms with Crippen molar-refractivity contribution in [2.24, 2.45) is 0 Å². The molecule has 0 radical (unpaired) electrons. The first-order chi connectivity index (χ1) is 7.75. The summed E-state index contributed by atoms with van der Waals surface area (Å²) >= 11 is 0. The van der Waals surface area contributed by atoms with E-state index >= 15 is 0 Å². The highest BCUT2D eigenvalue weighted by molar-refractivity contribution is 5.68. The third-order valence-electron chi connectivity index (χ3n) is 2.08. The van der Waals surface area contributed by atoms with Crippen LogP contribution in [0, 0.1) is 0 Å². The highest BCUT2D eigenvalue weighted by Gasteiger charge is 2.11. The molecule has 1 aliphatic heterocycles. The Bertz CT molecular complexity index is 388. The van der Waals surface area contributed by atoms with E-state index in [1.165, 1.54) is 0 Å². The van der Waals surface area contributed by atoms with Gasteiger partial charge in [0.2, 0.25) is 0 Å². The molecule has 16 heavy (non-hydrogen) atoms. The molecule has 0 spiro atoms. The molecule has 5 nitrogen and oxygen atoms in total. The zero-order chi connectivity index (χ0) is 11.4. The van der Waals surface area contributed by atoms with Crippen LogP contribution in [0.2, 0.25) is 0 Å². The molecule has 1 N–H and O–H groups in total. The lowest BCUT2D eigenvalue weighted by molar-refractivity contribution is -0.139. The number of fused-ring (bicyclic) bond motifs is 1. The van der Waals surface area contributed by atoms with E-state index in [9.17, 15) is 4.79 Å². The third-order valence-corrected chi connectivity index (χ3v) is 2.08. The van der Waals surface area contributed by atoms with Gasteiger partial charge in [-0.05, 0) is 12.1 Å². The first kappa shape index (κ1) is 10.6. The van der Waals surface area contributed by atoms with E-state index in [-0.39, 0.29) is 6.61 Å². The van der Waals surface area contributed by atoms with E-state index in [0.29, 0.717) is 30.5 Å². The summed E-state index contributed by atoms with van der Waals surface area (Å²) in [6.07, 6.45) is 0.833. The van der Waals surface area contributed by atoms with Crippen LogP contribution in [-0.2, 0) is 4.79 Å². The fraction of sp³-hybridized carbons (Fsp3) is 0.364. The van der Waals surface area contributed by atoms with Crippen LogP contribution in [0.4, 0.5) is 0 Å². The van der Waals surface area contributed by atoms with Crippen molar-refractivity contribution >= 4 is 5.97 Å². The zero-order valence-electron chi connectivity index (χ0n) is 8.64. The number of ether oxygens (including phenoxy) is 3. The first-order valence-corrected chi connectivity index (χ1v) is 5.00. The highest BCUT2D eigenvalue weighted by atomic mass is 16.5. The molecule has 0 unspecified atom stereocenters. The molecule has 2 rings (SSSR count). The van der Waals surface area contributed by atoms with Gasteiger partial charge in [0, 0.05) is 12.5 Å². The second-order valence-electron chi connectivity index (χ2n) is 3.34. The maximum absolute atomic E-state index is 10.3. The molecular weight excluding hydrogens is 212 g/mol. The molecular formula is C11H12O5. The summed E-state index contributed by atoms with van der Waals surface area (Å²) < 4.78 is 15.9. The Labute approximate surface area is 92.5 Å². The summed E-state index contributed by atoms with van der Waals surface area (Å²) in [5.41, 5.74) is 0. The minimum absolute atomic E-state index is 0.361. The maximum Gasteiger partial charge on any atom is 0.341 e. The minimum atomic E-state index is -1.01.